The van der Waals surface area contributed by atoms with Crippen molar-refractivity contribution in [2.75, 3.05) is 0 Å². The van der Waals surface area contributed by atoms with Gasteiger partial charge in [-0.25, -0.2) is 4.68 Å². The van der Waals surface area contributed by atoms with E-state index in [0.29, 0.717) is 5.56 Å². The van der Waals surface area contributed by atoms with Crippen LogP contribution in [0.1, 0.15) is 5.56 Å². The molecule has 17 heavy (non-hydrogen) atoms. The molecule has 3 rings (SSSR count). The van der Waals surface area contributed by atoms with E-state index in [0.717, 1.165) is 16.6 Å². The summed E-state index contributed by atoms with van der Waals surface area (Å²) in [5.41, 5.74) is 2.21. The molecule has 2 heterocycles. The molecule has 3 aromatic rings. The lowest BCUT2D eigenvalue weighted by molar-refractivity contribution is 0.892. The minimum Gasteiger partial charge on any atom is -0.262 e. The van der Waals surface area contributed by atoms with Crippen LogP contribution < -0.4 is 0 Å². The normalized spacial score (nSPS) is 10.3. The molecule has 0 aliphatic heterocycles. The molecule has 80 valence electrons. The Hall–Kier alpha value is -2.67. The first kappa shape index (κ1) is 9.55. The summed E-state index contributed by atoms with van der Waals surface area (Å²) in [4.78, 5) is 4.02. The highest BCUT2D eigenvalue weighted by Crippen LogP contribution is 2.17. The lowest BCUT2D eigenvalue weighted by atomic mass is 10.2. The summed E-state index contributed by atoms with van der Waals surface area (Å²) in [6.45, 7) is 0. The molecule has 0 saturated heterocycles. The quantitative estimate of drug-likeness (QED) is 0.632. The van der Waals surface area contributed by atoms with Gasteiger partial charge in [0.05, 0.1) is 17.4 Å². The minimum atomic E-state index is 0.605. The maximum absolute atomic E-state index is 9.05. The van der Waals surface area contributed by atoms with Crippen molar-refractivity contribution < 1.29 is 0 Å². The number of benzene rings is 1. The largest absolute Gasteiger partial charge is 0.262 e. The lowest BCUT2D eigenvalue weighted by Gasteiger charge is -2.01. The van der Waals surface area contributed by atoms with E-state index in [1.807, 2.05) is 30.5 Å². The van der Waals surface area contributed by atoms with Crippen LogP contribution in [0.4, 0.5) is 0 Å². The zero-order chi connectivity index (χ0) is 11.7. The van der Waals surface area contributed by atoms with Crippen LogP contribution in [0.3, 0.4) is 0 Å². The van der Waals surface area contributed by atoms with E-state index in [4.69, 9.17) is 5.26 Å². The second kappa shape index (κ2) is 3.72. The van der Waals surface area contributed by atoms with Crippen molar-refractivity contribution in [2.45, 2.75) is 0 Å². The van der Waals surface area contributed by atoms with Crippen LogP contribution in [0.5, 0.6) is 0 Å². The van der Waals surface area contributed by atoms with Gasteiger partial charge in [-0.15, -0.1) is 0 Å². The summed E-state index contributed by atoms with van der Waals surface area (Å²) in [7, 11) is 0. The molecule has 0 saturated carbocycles. The third kappa shape index (κ3) is 1.54. The Morgan fingerprint density at radius 1 is 1.18 bits per heavy atom. The lowest BCUT2D eigenvalue weighted by Crippen LogP contribution is -1.97. The summed E-state index contributed by atoms with van der Waals surface area (Å²) >= 11 is 0. The van der Waals surface area contributed by atoms with Crippen LogP contribution in [0.25, 0.3) is 16.6 Å². The van der Waals surface area contributed by atoms with Gasteiger partial charge in [-0.1, -0.05) is 12.1 Å². The predicted octanol–water partition coefficient (Wildman–Crippen LogP) is 2.29. The SMILES string of the molecule is N#Cc1ccccc1-n1cc2ccncc2n1. The zero-order valence-corrected chi connectivity index (χ0v) is 8.91. The first-order valence-electron chi connectivity index (χ1n) is 5.17. The number of hydrogen-bond donors (Lipinski definition) is 0. The van der Waals surface area contributed by atoms with Crippen molar-refractivity contribution in [3.05, 3.63) is 54.5 Å². The highest BCUT2D eigenvalue weighted by molar-refractivity contribution is 5.77. The van der Waals surface area contributed by atoms with Gasteiger partial charge >= 0.3 is 0 Å². The van der Waals surface area contributed by atoms with E-state index in [2.05, 4.69) is 16.2 Å². The van der Waals surface area contributed by atoms with Gasteiger partial charge in [0, 0.05) is 17.8 Å². The Bertz CT molecular complexity index is 688. The fourth-order valence-electron chi connectivity index (χ4n) is 1.76. The summed E-state index contributed by atoms with van der Waals surface area (Å²) in [5.74, 6) is 0. The Morgan fingerprint density at radius 2 is 2.06 bits per heavy atom. The number of para-hydroxylation sites is 1. The number of aromatic nitrogens is 3. The molecular weight excluding hydrogens is 212 g/mol. The van der Waals surface area contributed by atoms with Crippen LogP contribution in [0.2, 0.25) is 0 Å². The van der Waals surface area contributed by atoms with Gasteiger partial charge in [-0.05, 0) is 18.2 Å². The van der Waals surface area contributed by atoms with Gasteiger partial charge in [-0.2, -0.15) is 10.4 Å². The van der Waals surface area contributed by atoms with Gasteiger partial charge < -0.3 is 0 Å². The monoisotopic (exact) mass is 220 g/mol. The number of hydrogen-bond acceptors (Lipinski definition) is 3. The molecule has 1 aromatic carbocycles. The second-order valence-electron chi connectivity index (χ2n) is 3.64. The van der Waals surface area contributed by atoms with Gasteiger partial charge in [0.15, 0.2) is 0 Å². The molecule has 0 fully saturated rings. The van der Waals surface area contributed by atoms with E-state index in [1.165, 1.54) is 0 Å². The number of pyridine rings is 1. The first-order chi connectivity index (χ1) is 8.38. The fraction of sp³-hybridized carbons (Fsp3) is 0. The Labute approximate surface area is 97.8 Å². The van der Waals surface area contributed by atoms with Crippen LogP contribution in [0, 0.1) is 11.3 Å². The van der Waals surface area contributed by atoms with Crippen molar-refractivity contribution in [1.82, 2.24) is 14.8 Å². The van der Waals surface area contributed by atoms with Crippen LogP contribution in [-0.4, -0.2) is 14.8 Å². The topological polar surface area (TPSA) is 54.5 Å². The van der Waals surface area contributed by atoms with Crippen molar-refractivity contribution in [3.8, 4) is 11.8 Å². The molecule has 0 unspecified atom stereocenters. The highest BCUT2D eigenvalue weighted by atomic mass is 15.3. The number of rotatable bonds is 1. The molecule has 0 atom stereocenters. The molecule has 0 aliphatic carbocycles. The van der Waals surface area contributed by atoms with Gasteiger partial charge in [-0.3, -0.25) is 4.98 Å². The van der Waals surface area contributed by atoms with Crippen LogP contribution in [0.15, 0.2) is 48.9 Å². The maximum atomic E-state index is 9.05. The minimum absolute atomic E-state index is 0.605. The van der Waals surface area contributed by atoms with Gasteiger partial charge in [0.25, 0.3) is 0 Å². The van der Waals surface area contributed by atoms with Crippen molar-refractivity contribution in [1.29, 1.82) is 5.26 Å². The predicted molar refractivity (Wildman–Crippen MR) is 63.6 cm³/mol. The molecule has 0 spiro atoms. The number of fused-ring (bicyclic) bond motifs is 1. The summed E-state index contributed by atoms with van der Waals surface area (Å²) in [6, 6.07) is 11.4. The third-order valence-corrected chi connectivity index (χ3v) is 2.58. The third-order valence-electron chi connectivity index (χ3n) is 2.58. The Morgan fingerprint density at radius 3 is 2.88 bits per heavy atom. The van der Waals surface area contributed by atoms with Gasteiger partial charge in [0.2, 0.25) is 0 Å². The van der Waals surface area contributed by atoms with Crippen LogP contribution in [-0.2, 0) is 0 Å². The molecule has 4 nitrogen and oxygen atoms in total. The molecule has 0 aliphatic rings. The summed E-state index contributed by atoms with van der Waals surface area (Å²) < 4.78 is 1.71. The molecule has 0 amide bonds. The summed E-state index contributed by atoms with van der Waals surface area (Å²) in [6.07, 6.45) is 5.33. The average Bonchev–Trinajstić information content (AvgIpc) is 2.82. The highest BCUT2D eigenvalue weighted by Gasteiger charge is 2.06. The van der Waals surface area contributed by atoms with E-state index in [-0.39, 0.29) is 0 Å². The van der Waals surface area contributed by atoms with Crippen molar-refractivity contribution >= 4 is 10.9 Å². The smallest absolute Gasteiger partial charge is 0.111 e. The van der Waals surface area contributed by atoms with E-state index < -0.39 is 0 Å². The molecule has 2 aromatic heterocycles. The first-order valence-corrected chi connectivity index (χ1v) is 5.17. The molecule has 4 heteroatoms. The Kier molecular flexibility index (Phi) is 2.09. The standard InChI is InChI=1S/C13H8N4/c14-7-10-3-1-2-4-13(10)17-9-11-5-6-15-8-12(11)16-17/h1-6,8-9H. The molecule has 0 bridgehead atoms. The zero-order valence-electron chi connectivity index (χ0n) is 8.91. The van der Waals surface area contributed by atoms with Crippen LogP contribution >= 0.6 is 0 Å². The molecule has 0 N–H and O–H groups in total. The maximum Gasteiger partial charge on any atom is 0.111 e. The van der Waals surface area contributed by atoms with Crippen molar-refractivity contribution in [2.24, 2.45) is 0 Å². The number of nitrogens with zero attached hydrogens (tertiary/aromatic N) is 4. The molecule has 0 radical (unpaired) electrons. The van der Waals surface area contributed by atoms with Crippen molar-refractivity contribution in [3.63, 3.8) is 0 Å². The fourth-order valence-corrected chi connectivity index (χ4v) is 1.76. The second-order valence-corrected chi connectivity index (χ2v) is 3.64. The van der Waals surface area contributed by atoms with E-state index in [1.54, 1.807) is 23.1 Å². The van der Waals surface area contributed by atoms with E-state index >= 15 is 0 Å². The van der Waals surface area contributed by atoms with Gasteiger partial charge in [0.1, 0.15) is 11.6 Å². The van der Waals surface area contributed by atoms with E-state index in [9.17, 15) is 0 Å². The summed E-state index contributed by atoms with van der Waals surface area (Å²) in [5, 5.41) is 14.5. The molecular formula is C13H8N4. The average molecular weight is 220 g/mol. The number of nitriles is 1. The Balaban J connectivity index is 2.25.